The fraction of sp³-hybridized carbons (Fsp3) is 0. The molecule has 0 unspecified atom stereocenters. The predicted octanol–water partition coefficient (Wildman–Crippen LogP) is 2.61. The van der Waals surface area contributed by atoms with E-state index in [2.05, 4.69) is 4.98 Å². The highest BCUT2D eigenvalue weighted by Gasteiger charge is 2.03. The second kappa shape index (κ2) is 3.65. The van der Waals surface area contributed by atoms with Crippen molar-refractivity contribution in [3.8, 4) is 11.1 Å². The van der Waals surface area contributed by atoms with E-state index in [-0.39, 0.29) is 11.5 Å². The van der Waals surface area contributed by atoms with Crippen molar-refractivity contribution in [1.82, 2.24) is 4.98 Å². The Bertz CT molecular complexity index is 480. The molecule has 0 fully saturated rings. The van der Waals surface area contributed by atoms with Crippen LogP contribution in [0.15, 0.2) is 36.5 Å². The number of halogens is 2. The van der Waals surface area contributed by atoms with Crippen LogP contribution in [-0.2, 0) is 0 Å². The van der Waals surface area contributed by atoms with E-state index < -0.39 is 5.95 Å². The van der Waals surface area contributed by atoms with Gasteiger partial charge in [-0.15, -0.1) is 0 Å². The van der Waals surface area contributed by atoms with Crippen molar-refractivity contribution in [2.24, 2.45) is 0 Å². The molecule has 2 N–H and O–H groups in total. The smallest absolute Gasteiger partial charge is 0.236 e. The van der Waals surface area contributed by atoms with E-state index >= 15 is 0 Å². The average molecular weight is 206 g/mol. The summed E-state index contributed by atoms with van der Waals surface area (Å²) in [5.74, 6) is -1.01. The van der Waals surface area contributed by atoms with Gasteiger partial charge >= 0.3 is 0 Å². The third-order valence-electron chi connectivity index (χ3n) is 2.04. The minimum atomic E-state index is -0.694. The molecule has 1 heterocycles. The lowest BCUT2D eigenvalue weighted by Gasteiger charge is -2.02. The number of anilines is 1. The highest BCUT2D eigenvalue weighted by Crippen LogP contribution is 2.21. The van der Waals surface area contributed by atoms with E-state index in [0.717, 1.165) is 5.56 Å². The molecule has 15 heavy (non-hydrogen) atoms. The minimum absolute atomic E-state index is 0.0168. The first kappa shape index (κ1) is 9.58. The van der Waals surface area contributed by atoms with Crippen LogP contribution < -0.4 is 5.73 Å². The standard InChI is InChI=1S/C11H8F2N2/c12-9-3-1-7(2-4-9)8-5-10(14)11(13)15-6-8/h1-6H,14H2. The number of nitrogen functional groups attached to an aromatic ring is 1. The van der Waals surface area contributed by atoms with Gasteiger partial charge in [0.15, 0.2) is 0 Å². The summed E-state index contributed by atoms with van der Waals surface area (Å²) in [6.07, 6.45) is 1.36. The first-order valence-electron chi connectivity index (χ1n) is 4.34. The number of aromatic nitrogens is 1. The van der Waals surface area contributed by atoms with Crippen LogP contribution in [0, 0.1) is 11.8 Å². The molecule has 4 heteroatoms. The molecule has 0 amide bonds. The van der Waals surface area contributed by atoms with Gasteiger partial charge in [-0.1, -0.05) is 12.1 Å². The molecule has 0 aliphatic carbocycles. The zero-order valence-electron chi connectivity index (χ0n) is 7.74. The molecule has 0 saturated heterocycles. The Morgan fingerprint density at radius 2 is 1.67 bits per heavy atom. The van der Waals surface area contributed by atoms with Crippen molar-refractivity contribution in [2.45, 2.75) is 0 Å². The van der Waals surface area contributed by atoms with Gasteiger partial charge in [0, 0.05) is 11.8 Å². The summed E-state index contributed by atoms with van der Waals surface area (Å²) < 4.78 is 25.4. The molecule has 0 aliphatic rings. The lowest BCUT2D eigenvalue weighted by atomic mass is 10.1. The number of nitrogens with zero attached hydrogens (tertiary/aromatic N) is 1. The highest BCUT2D eigenvalue weighted by atomic mass is 19.1. The molecule has 1 aromatic carbocycles. The summed E-state index contributed by atoms with van der Waals surface area (Å²) >= 11 is 0. The molecule has 1 aromatic heterocycles. The summed E-state index contributed by atoms with van der Waals surface area (Å²) in [6.45, 7) is 0. The van der Waals surface area contributed by atoms with Crippen LogP contribution in [0.3, 0.4) is 0 Å². The largest absolute Gasteiger partial charge is 0.395 e. The van der Waals surface area contributed by atoms with Crippen LogP contribution in [-0.4, -0.2) is 4.98 Å². The molecule has 0 aliphatic heterocycles. The molecule has 0 bridgehead atoms. The zero-order valence-corrected chi connectivity index (χ0v) is 7.74. The van der Waals surface area contributed by atoms with E-state index in [4.69, 9.17) is 5.73 Å². The molecule has 2 rings (SSSR count). The molecule has 0 radical (unpaired) electrons. The average Bonchev–Trinajstić information content (AvgIpc) is 2.23. The third kappa shape index (κ3) is 1.93. The Hall–Kier alpha value is -1.97. The Morgan fingerprint density at radius 3 is 2.27 bits per heavy atom. The topological polar surface area (TPSA) is 38.9 Å². The van der Waals surface area contributed by atoms with Gasteiger partial charge in [0.1, 0.15) is 5.82 Å². The van der Waals surface area contributed by atoms with Gasteiger partial charge in [0.2, 0.25) is 5.95 Å². The summed E-state index contributed by atoms with van der Waals surface area (Å²) in [7, 11) is 0. The monoisotopic (exact) mass is 206 g/mol. The summed E-state index contributed by atoms with van der Waals surface area (Å²) in [4.78, 5) is 3.49. The molecule has 76 valence electrons. The maximum atomic E-state index is 12.8. The second-order valence-corrected chi connectivity index (χ2v) is 3.11. The van der Waals surface area contributed by atoms with Crippen LogP contribution in [0.5, 0.6) is 0 Å². The maximum Gasteiger partial charge on any atom is 0.236 e. The van der Waals surface area contributed by atoms with E-state index in [1.807, 2.05) is 0 Å². The van der Waals surface area contributed by atoms with Crippen molar-refractivity contribution in [3.05, 3.63) is 48.3 Å². The molecule has 0 spiro atoms. The highest BCUT2D eigenvalue weighted by molar-refractivity contribution is 5.65. The quantitative estimate of drug-likeness (QED) is 0.728. The summed E-state index contributed by atoms with van der Waals surface area (Å²) in [5, 5.41) is 0. The lowest BCUT2D eigenvalue weighted by molar-refractivity contribution is 0.589. The van der Waals surface area contributed by atoms with Gasteiger partial charge in [-0.05, 0) is 23.8 Å². The van der Waals surface area contributed by atoms with Crippen LogP contribution in [0.25, 0.3) is 11.1 Å². The van der Waals surface area contributed by atoms with Crippen molar-refractivity contribution < 1.29 is 8.78 Å². The van der Waals surface area contributed by atoms with E-state index in [0.29, 0.717) is 5.56 Å². The summed E-state index contributed by atoms with van der Waals surface area (Å²) in [6, 6.07) is 7.30. The van der Waals surface area contributed by atoms with Crippen LogP contribution in [0.4, 0.5) is 14.5 Å². The third-order valence-corrected chi connectivity index (χ3v) is 2.04. The van der Waals surface area contributed by atoms with E-state index in [1.165, 1.54) is 24.4 Å². The number of hydrogen-bond acceptors (Lipinski definition) is 2. The van der Waals surface area contributed by atoms with Gasteiger partial charge in [0.25, 0.3) is 0 Å². The fourth-order valence-corrected chi connectivity index (χ4v) is 1.27. The van der Waals surface area contributed by atoms with Gasteiger partial charge in [-0.25, -0.2) is 9.37 Å². The fourth-order valence-electron chi connectivity index (χ4n) is 1.27. The van der Waals surface area contributed by atoms with Gasteiger partial charge in [-0.3, -0.25) is 0 Å². The Labute approximate surface area is 85.4 Å². The minimum Gasteiger partial charge on any atom is -0.395 e. The van der Waals surface area contributed by atoms with Crippen LogP contribution >= 0.6 is 0 Å². The van der Waals surface area contributed by atoms with Crippen molar-refractivity contribution in [1.29, 1.82) is 0 Å². The Kier molecular flexibility index (Phi) is 2.33. The summed E-state index contributed by atoms with van der Waals surface area (Å²) in [5.41, 5.74) is 6.77. The lowest BCUT2D eigenvalue weighted by Crippen LogP contribution is -1.94. The first-order chi connectivity index (χ1) is 7.16. The number of nitrogens with two attached hydrogens (primary N) is 1. The van der Waals surface area contributed by atoms with Crippen molar-refractivity contribution in [2.75, 3.05) is 5.73 Å². The van der Waals surface area contributed by atoms with Gasteiger partial charge in [0.05, 0.1) is 5.69 Å². The second-order valence-electron chi connectivity index (χ2n) is 3.11. The van der Waals surface area contributed by atoms with E-state index in [9.17, 15) is 8.78 Å². The Balaban J connectivity index is 2.45. The van der Waals surface area contributed by atoms with Gasteiger partial charge < -0.3 is 5.73 Å². The SMILES string of the molecule is Nc1cc(-c2ccc(F)cc2)cnc1F. The Morgan fingerprint density at radius 1 is 1.00 bits per heavy atom. The molecular formula is C11H8F2N2. The van der Waals surface area contributed by atoms with Crippen LogP contribution in [0.2, 0.25) is 0 Å². The number of pyridine rings is 1. The van der Waals surface area contributed by atoms with Gasteiger partial charge in [-0.2, -0.15) is 4.39 Å². The molecule has 0 atom stereocenters. The predicted molar refractivity (Wildman–Crippen MR) is 54.0 cm³/mol. The molecule has 2 aromatic rings. The number of rotatable bonds is 1. The molecule has 2 nitrogen and oxygen atoms in total. The van der Waals surface area contributed by atoms with E-state index in [1.54, 1.807) is 12.1 Å². The number of hydrogen-bond donors (Lipinski definition) is 1. The first-order valence-corrected chi connectivity index (χ1v) is 4.34. The maximum absolute atomic E-state index is 12.8. The number of benzene rings is 1. The van der Waals surface area contributed by atoms with Crippen molar-refractivity contribution >= 4 is 5.69 Å². The van der Waals surface area contributed by atoms with Crippen LogP contribution in [0.1, 0.15) is 0 Å². The molecular weight excluding hydrogens is 198 g/mol. The van der Waals surface area contributed by atoms with Crippen molar-refractivity contribution in [3.63, 3.8) is 0 Å². The molecule has 0 saturated carbocycles. The normalized spacial score (nSPS) is 10.3. The zero-order chi connectivity index (χ0) is 10.8.